The monoisotopic (exact) mass is 298 g/mol. The van der Waals surface area contributed by atoms with E-state index < -0.39 is 0 Å². The Morgan fingerprint density at radius 2 is 2.32 bits per heavy atom. The van der Waals surface area contributed by atoms with Crippen LogP contribution in [0.1, 0.15) is 29.8 Å². The maximum Gasteiger partial charge on any atom is 0.275 e. The Bertz CT molecular complexity index is 693. The number of pyridine rings is 1. The van der Waals surface area contributed by atoms with Gasteiger partial charge in [0.05, 0.1) is 5.56 Å². The van der Waals surface area contributed by atoms with E-state index >= 15 is 0 Å². The molecule has 3 heterocycles. The van der Waals surface area contributed by atoms with Gasteiger partial charge in [-0.25, -0.2) is 4.98 Å². The standard InChI is InChI=1S/C16H18N4O2/c17-13-8-20(10-16(13)4-2-5-16)15(21)12-9-22-14(19-12)11-3-1-6-18-7-11/h1,3,6-7,9,13H,2,4-5,8,10,17H2. The maximum atomic E-state index is 12.6. The summed E-state index contributed by atoms with van der Waals surface area (Å²) in [5.41, 5.74) is 7.47. The Kier molecular flexibility index (Phi) is 3.00. The van der Waals surface area contributed by atoms with Crippen LogP contribution < -0.4 is 5.73 Å². The summed E-state index contributed by atoms with van der Waals surface area (Å²) in [7, 11) is 0. The molecule has 4 rings (SSSR count). The van der Waals surface area contributed by atoms with Gasteiger partial charge in [0.15, 0.2) is 5.69 Å². The first-order valence-corrected chi connectivity index (χ1v) is 7.59. The number of carbonyl (C=O) groups excluding carboxylic acids is 1. The van der Waals surface area contributed by atoms with Gasteiger partial charge >= 0.3 is 0 Å². The number of carbonyl (C=O) groups is 1. The number of aromatic nitrogens is 2. The lowest BCUT2D eigenvalue weighted by molar-refractivity contribution is 0.0721. The van der Waals surface area contributed by atoms with E-state index in [9.17, 15) is 4.79 Å². The summed E-state index contributed by atoms with van der Waals surface area (Å²) in [5.74, 6) is 0.316. The molecule has 1 amide bonds. The zero-order chi connectivity index (χ0) is 15.2. The molecule has 0 radical (unpaired) electrons. The van der Waals surface area contributed by atoms with Crippen molar-refractivity contribution in [3.05, 3.63) is 36.5 Å². The summed E-state index contributed by atoms with van der Waals surface area (Å²) in [6.07, 6.45) is 8.22. The molecule has 2 aromatic heterocycles. The summed E-state index contributed by atoms with van der Waals surface area (Å²) in [5, 5.41) is 0. The second-order valence-electron chi connectivity index (χ2n) is 6.29. The van der Waals surface area contributed by atoms with Crippen LogP contribution in [0.15, 0.2) is 35.2 Å². The van der Waals surface area contributed by atoms with E-state index in [2.05, 4.69) is 9.97 Å². The van der Waals surface area contributed by atoms with Crippen molar-refractivity contribution in [2.45, 2.75) is 25.3 Å². The van der Waals surface area contributed by atoms with E-state index in [-0.39, 0.29) is 17.4 Å². The van der Waals surface area contributed by atoms with Crippen molar-refractivity contribution in [1.82, 2.24) is 14.9 Å². The smallest absolute Gasteiger partial charge is 0.275 e. The second kappa shape index (κ2) is 4.91. The summed E-state index contributed by atoms with van der Waals surface area (Å²) in [6, 6.07) is 3.73. The zero-order valence-electron chi connectivity index (χ0n) is 12.2. The fraction of sp³-hybridized carbons (Fsp3) is 0.438. The average Bonchev–Trinajstić information content (AvgIpc) is 3.11. The number of amides is 1. The van der Waals surface area contributed by atoms with E-state index in [1.807, 2.05) is 11.0 Å². The van der Waals surface area contributed by atoms with Crippen molar-refractivity contribution in [1.29, 1.82) is 0 Å². The van der Waals surface area contributed by atoms with Crippen LogP contribution in [-0.2, 0) is 0 Å². The minimum absolute atomic E-state index is 0.0786. The van der Waals surface area contributed by atoms with Gasteiger partial charge in [-0.2, -0.15) is 0 Å². The number of oxazole rings is 1. The minimum Gasteiger partial charge on any atom is -0.444 e. The molecule has 1 aliphatic carbocycles. The van der Waals surface area contributed by atoms with Crippen molar-refractivity contribution in [2.24, 2.45) is 11.1 Å². The van der Waals surface area contributed by atoms with Crippen LogP contribution >= 0.6 is 0 Å². The third kappa shape index (κ3) is 2.02. The zero-order valence-corrected chi connectivity index (χ0v) is 12.2. The molecule has 1 spiro atoms. The highest BCUT2D eigenvalue weighted by Crippen LogP contribution is 2.47. The summed E-state index contributed by atoms with van der Waals surface area (Å²) in [6.45, 7) is 1.34. The van der Waals surface area contributed by atoms with Crippen molar-refractivity contribution >= 4 is 5.91 Å². The Balaban J connectivity index is 1.53. The number of nitrogens with two attached hydrogens (primary N) is 1. The molecule has 1 saturated carbocycles. The van der Waals surface area contributed by atoms with Gasteiger partial charge in [0.25, 0.3) is 5.91 Å². The van der Waals surface area contributed by atoms with Gasteiger partial charge in [-0.15, -0.1) is 0 Å². The molecule has 6 heteroatoms. The number of rotatable bonds is 2. The van der Waals surface area contributed by atoms with Gasteiger partial charge < -0.3 is 15.1 Å². The maximum absolute atomic E-state index is 12.6. The Labute approximate surface area is 128 Å². The third-order valence-electron chi connectivity index (χ3n) is 4.98. The molecule has 0 bridgehead atoms. The Morgan fingerprint density at radius 1 is 1.45 bits per heavy atom. The molecule has 6 nitrogen and oxygen atoms in total. The first kappa shape index (κ1) is 13.5. The van der Waals surface area contributed by atoms with Gasteiger partial charge in [-0.05, 0) is 25.0 Å². The summed E-state index contributed by atoms with van der Waals surface area (Å²) in [4.78, 5) is 22.7. The van der Waals surface area contributed by atoms with E-state index in [0.29, 0.717) is 18.1 Å². The van der Waals surface area contributed by atoms with Gasteiger partial charge in [-0.1, -0.05) is 6.42 Å². The number of likely N-dealkylation sites (tertiary alicyclic amines) is 1. The third-order valence-corrected chi connectivity index (χ3v) is 4.98. The second-order valence-corrected chi connectivity index (χ2v) is 6.29. The number of nitrogens with zero attached hydrogens (tertiary/aromatic N) is 3. The van der Waals surface area contributed by atoms with Gasteiger partial charge in [0, 0.05) is 36.9 Å². The lowest BCUT2D eigenvalue weighted by Gasteiger charge is -2.41. The largest absolute Gasteiger partial charge is 0.444 e. The first-order valence-electron chi connectivity index (χ1n) is 7.59. The fourth-order valence-electron chi connectivity index (χ4n) is 3.46. The van der Waals surface area contributed by atoms with E-state index in [1.165, 1.54) is 12.7 Å². The predicted molar refractivity (Wildman–Crippen MR) is 79.9 cm³/mol. The first-order chi connectivity index (χ1) is 10.7. The van der Waals surface area contributed by atoms with Crippen LogP contribution in [0.4, 0.5) is 0 Å². The van der Waals surface area contributed by atoms with Crippen molar-refractivity contribution in [3.8, 4) is 11.5 Å². The number of hydrogen-bond donors (Lipinski definition) is 1. The molecule has 2 fully saturated rings. The molecule has 22 heavy (non-hydrogen) atoms. The molecular weight excluding hydrogens is 280 g/mol. The lowest BCUT2D eigenvalue weighted by atomic mass is 9.66. The normalized spacial score (nSPS) is 22.8. The van der Waals surface area contributed by atoms with Crippen molar-refractivity contribution < 1.29 is 9.21 Å². The van der Waals surface area contributed by atoms with Crippen LogP contribution in [0.2, 0.25) is 0 Å². The summed E-state index contributed by atoms with van der Waals surface area (Å²) >= 11 is 0. The van der Waals surface area contributed by atoms with E-state index in [4.69, 9.17) is 10.2 Å². The van der Waals surface area contributed by atoms with Crippen molar-refractivity contribution in [3.63, 3.8) is 0 Å². The minimum atomic E-state index is -0.0990. The topological polar surface area (TPSA) is 85.2 Å². The average molecular weight is 298 g/mol. The Hall–Kier alpha value is -2.21. The molecule has 1 atom stereocenters. The highest BCUT2D eigenvalue weighted by atomic mass is 16.3. The highest BCUT2D eigenvalue weighted by molar-refractivity contribution is 5.92. The molecule has 2 N–H and O–H groups in total. The highest BCUT2D eigenvalue weighted by Gasteiger charge is 2.50. The van der Waals surface area contributed by atoms with Crippen LogP contribution in [0.5, 0.6) is 0 Å². The van der Waals surface area contributed by atoms with Gasteiger partial charge in [-0.3, -0.25) is 9.78 Å². The van der Waals surface area contributed by atoms with Crippen LogP contribution in [0, 0.1) is 5.41 Å². The Morgan fingerprint density at radius 3 is 2.95 bits per heavy atom. The van der Waals surface area contributed by atoms with Crippen LogP contribution in [0.3, 0.4) is 0 Å². The quantitative estimate of drug-likeness (QED) is 0.912. The molecule has 2 aromatic rings. The van der Waals surface area contributed by atoms with E-state index in [1.54, 1.807) is 18.5 Å². The van der Waals surface area contributed by atoms with Crippen LogP contribution in [-0.4, -0.2) is 39.9 Å². The lowest BCUT2D eigenvalue weighted by Crippen LogP contribution is -2.45. The van der Waals surface area contributed by atoms with Crippen molar-refractivity contribution in [2.75, 3.05) is 13.1 Å². The molecule has 1 unspecified atom stereocenters. The number of hydrogen-bond acceptors (Lipinski definition) is 5. The van der Waals surface area contributed by atoms with E-state index in [0.717, 1.165) is 24.9 Å². The molecule has 114 valence electrons. The van der Waals surface area contributed by atoms with Gasteiger partial charge in [0.1, 0.15) is 6.26 Å². The molecule has 1 aliphatic heterocycles. The molecular formula is C16H18N4O2. The fourth-order valence-corrected chi connectivity index (χ4v) is 3.46. The SMILES string of the molecule is NC1CN(C(=O)c2coc(-c3cccnc3)n2)CC12CCC2. The molecule has 1 saturated heterocycles. The summed E-state index contributed by atoms with van der Waals surface area (Å²) < 4.78 is 5.42. The van der Waals surface area contributed by atoms with Crippen LogP contribution in [0.25, 0.3) is 11.5 Å². The van der Waals surface area contributed by atoms with Gasteiger partial charge in [0.2, 0.25) is 5.89 Å². The predicted octanol–water partition coefficient (Wildman–Crippen LogP) is 1.69. The molecule has 2 aliphatic rings. The molecule has 0 aromatic carbocycles.